The molecular formula is C28H42. The van der Waals surface area contributed by atoms with Gasteiger partial charge in [0.25, 0.3) is 0 Å². The van der Waals surface area contributed by atoms with Gasteiger partial charge in [-0.1, -0.05) is 108 Å². The van der Waals surface area contributed by atoms with E-state index in [0.717, 1.165) is 17.8 Å². The molecule has 28 heavy (non-hydrogen) atoms. The number of aryl methyl sites for hydroxylation is 1. The molecule has 0 heterocycles. The van der Waals surface area contributed by atoms with Crippen LogP contribution < -0.4 is 0 Å². The predicted octanol–water partition coefficient (Wildman–Crippen LogP) is 8.77. The van der Waals surface area contributed by atoms with Gasteiger partial charge in [0.2, 0.25) is 0 Å². The molecule has 0 nitrogen and oxygen atoms in total. The third-order valence-corrected chi connectivity index (χ3v) is 7.20. The highest BCUT2D eigenvalue weighted by atomic mass is 14.3. The first kappa shape index (κ1) is 21.4. The van der Waals surface area contributed by atoms with E-state index in [1.165, 1.54) is 100 Å². The van der Waals surface area contributed by atoms with E-state index < -0.39 is 0 Å². The summed E-state index contributed by atoms with van der Waals surface area (Å²) in [6, 6.07) is 9.30. The van der Waals surface area contributed by atoms with Crippen LogP contribution in [0.2, 0.25) is 0 Å². The minimum absolute atomic E-state index is 0.786. The van der Waals surface area contributed by atoms with Gasteiger partial charge in [0.05, 0.1) is 0 Å². The largest absolute Gasteiger partial charge is 0.0802 e. The molecular weight excluding hydrogens is 336 g/mol. The highest BCUT2D eigenvalue weighted by molar-refractivity contribution is 5.75. The lowest BCUT2D eigenvalue weighted by Gasteiger charge is -2.33. The van der Waals surface area contributed by atoms with Crippen molar-refractivity contribution in [2.75, 3.05) is 0 Å². The maximum atomic E-state index is 2.53. The Balaban J connectivity index is 1.42. The van der Waals surface area contributed by atoms with Crippen molar-refractivity contribution in [3.63, 3.8) is 0 Å². The number of hydrogen-bond acceptors (Lipinski definition) is 0. The van der Waals surface area contributed by atoms with Crippen molar-refractivity contribution in [2.45, 2.75) is 97.3 Å². The fourth-order valence-electron chi connectivity index (χ4n) is 5.21. The van der Waals surface area contributed by atoms with Gasteiger partial charge < -0.3 is 0 Å². The van der Waals surface area contributed by atoms with Crippen LogP contribution in [0.3, 0.4) is 0 Å². The van der Waals surface area contributed by atoms with E-state index in [1.54, 1.807) is 0 Å². The van der Waals surface area contributed by atoms with E-state index in [9.17, 15) is 0 Å². The van der Waals surface area contributed by atoms with Gasteiger partial charge >= 0.3 is 0 Å². The maximum absolute atomic E-state index is 2.53. The Morgan fingerprint density at radius 3 is 2.21 bits per heavy atom. The fourth-order valence-corrected chi connectivity index (χ4v) is 5.21. The zero-order valence-corrected chi connectivity index (χ0v) is 18.5. The Morgan fingerprint density at radius 1 is 0.821 bits per heavy atom. The molecule has 0 aromatic heterocycles. The standard InChI is InChI=1S/C28H42/c1-3-5-7-8-10-24-13-17-26(18-14-24)28-21-19-27(20-22-28)25-15-11-23(12-16-25)9-6-4-2/h11-12,15-16,19-21,24,26,28H,3-10,13-14,17-18,22H2,1-2H3. The topological polar surface area (TPSA) is 0 Å². The fraction of sp³-hybridized carbons (Fsp3) is 0.643. The van der Waals surface area contributed by atoms with Gasteiger partial charge in [-0.15, -0.1) is 0 Å². The van der Waals surface area contributed by atoms with Gasteiger partial charge in [0, 0.05) is 0 Å². The Bertz CT molecular complexity index is 610. The second kappa shape index (κ2) is 11.6. The Morgan fingerprint density at radius 2 is 1.57 bits per heavy atom. The minimum Gasteiger partial charge on any atom is -0.0802 e. The average molecular weight is 379 g/mol. The van der Waals surface area contributed by atoms with Crippen LogP contribution in [0, 0.1) is 17.8 Å². The van der Waals surface area contributed by atoms with E-state index >= 15 is 0 Å². The molecule has 154 valence electrons. The first-order valence-corrected chi connectivity index (χ1v) is 12.3. The summed E-state index contributed by atoms with van der Waals surface area (Å²) in [6.07, 6.45) is 25.6. The van der Waals surface area contributed by atoms with Crippen molar-refractivity contribution in [1.82, 2.24) is 0 Å². The quantitative estimate of drug-likeness (QED) is 0.357. The van der Waals surface area contributed by atoms with Crippen LogP contribution in [0.25, 0.3) is 5.57 Å². The van der Waals surface area contributed by atoms with Gasteiger partial charge in [-0.25, -0.2) is 0 Å². The SMILES string of the molecule is CCCCCCC1CCC(C2C=CC(c3ccc(CCCC)cc3)=CC2)CC1. The molecule has 0 spiro atoms. The van der Waals surface area contributed by atoms with Crippen LogP contribution in [0.4, 0.5) is 0 Å². The van der Waals surface area contributed by atoms with Gasteiger partial charge in [0.1, 0.15) is 0 Å². The van der Waals surface area contributed by atoms with Crippen molar-refractivity contribution in [3.8, 4) is 0 Å². The predicted molar refractivity (Wildman–Crippen MR) is 124 cm³/mol. The third kappa shape index (κ3) is 6.36. The molecule has 0 radical (unpaired) electrons. The van der Waals surface area contributed by atoms with Crippen LogP contribution >= 0.6 is 0 Å². The Kier molecular flexibility index (Phi) is 8.90. The normalized spacial score (nSPS) is 24.9. The molecule has 1 aromatic rings. The van der Waals surface area contributed by atoms with Gasteiger partial charge in [-0.05, 0) is 66.6 Å². The molecule has 1 saturated carbocycles. The highest BCUT2D eigenvalue weighted by Gasteiger charge is 2.26. The second-order valence-corrected chi connectivity index (χ2v) is 9.35. The van der Waals surface area contributed by atoms with Crippen molar-refractivity contribution in [1.29, 1.82) is 0 Å². The van der Waals surface area contributed by atoms with E-state index in [2.05, 4.69) is 56.3 Å². The molecule has 0 amide bonds. The van der Waals surface area contributed by atoms with Crippen molar-refractivity contribution in [3.05, 3.63) is 53.6 Å². The smallest absolute Gasteiger partial charge is 0.0167 e. The first-order valence-electron chi connectivity index (χ1n) is 12.3. The molecule has 1 atom stereocenters. The van der Waals surface area contributed by atoms with Crippen LogP contribution in [0.5, 0.6) is 0 Å². The lowest BCUT2D eigenvalue weighted by atomic mass is 9.72. The summed E-state index contributed by atoms with van der Waals surface area (Å²) in [5, 5.41) is 0. The first-order chi connectivity index (χ1) is 13.8. The van der Waals surface area contributed by atoms with Gasteiger partial charge in [-0.3, -0.25) is 0 Å². The number of rotatable bonds is 10. The van der Waals surface area contributed by atoms with E-state index in [4.69, 9.17) is 0 Å². The van der Waals surface area contributed by atoms with Gasteiger partial charge in [0.15, 0.2) is 0 Å². The van der Waals surface area contributed by atoms with Crippen molar-refractivity contribution >= 4 is 5.57 Å². The summed E-state index contributed by atoms with van der Waals surface area (Å²) < 4.78 is 0. The molecule has 1 fully saturated rings. The summed E-state index contributed by atoms with van der Waals surface area (Å²) in [6.45, 7) is 4.58. The minimum atomic E-state index is 0.786. The summed E-state index contributed by atoms with van der Waals surface area (Å²) in [5.74, 6) is 2.74. The molecule has 0 aliphatic heterocycles. The van der Waals surface area contributed by atoms with E-state index in [-0.39, 0.29) is 0 Å². The monoisotopic (exact) mass is 378 g/mol. The van der Waals surface area contributed by atoms with Crippen molar-refractivity contribution < 1.29 is 0 Å². The molecule has 3 rings (SSSR count). The molecule has 0 saturated heterocycles. The number of benzene rings is 1. The molecule has 0 N–H and O–H groups in total. The summed E-state index contributed by atoms with van der Waals surface area (Å²) in [4.78, 5) is 0. The van der Waals surface area contributed by atoms with E-state index in [1.807, 2.05) is 0 Å². The van der Waals surface area contributed by atoms with Crippen molar-refractivity contribution in [2.24, 2.45) is 17.8 Å². The Hall–Kier alpha value is -1.30. The van der Waals surface area contributed by atoms with Crippen LogP contribution in [-0.2, 0) is 6.42 Å². The van der Waals surface area contributed by atoms with Gasteiger partial charge in [-0.2, -0.15) is 0 Å². The van der Waals surface area contributed by atoms with Crippen LogP contribution in [0.15, 0.2) is 42.5 Å². The average Bonchev–Trinajstić information content (AvgIpc) is 2.76. The molecule has 1 unspecified atom stereocenters. The lowest BCUT2D eigenvalue weighted by Crippen LogP contribution is -2.21. The van der Waals surface area contributed by atoms with Crippen LogP contribution in [-0.4, -0.2) is 0 Å². The molecule has 2 aliphatic rings. The maximum Gasteiger partial charge on any atom is -0.0167 e. The number of allylic oxidation sites excluding steroid dienone is 4. The molecule has 2 aliphatic carbocycles. The van der Waals surface area contributed by atoms with E-state index in [0.29, 0.717) is 0 Å². The summed E-state index contributed by atoms with van der Waals surface area (Å²) >= 11 is 0. The zero-order chi connectivity index (χ0) is 19.6. The summed E-state index contributed by atoms with van der Waals surface area (Å²) in [5.41, 5.74) is 4.31. The molecule has 0 heteroatoms. The number of hydrogen-bond donors (Lipinski definition) is 0. The summed E-state index contributed by atoms with van der Waals surface area (Å²) in [7, 11) is 0. The Labute approximate surface area is 174 Å². The lowest BCUT2D eigenvalue weighted by molar-refractivity contribution is 0.218. The zero-order valence-electron chi connectivity index (χ0n) is 18.5. The molecule has 1 aromatic carbocycles. The second-order valence-electron chi connectivity index (χ2n) is 9.35. The van der Waals surface area contributed by atoms with Crippen LogP contribution in [0.1, 0.15) is 102 Å². The highest BCUT2D eigenvalue weighted by Crippen LogP contribution is 2.39. The third-order valence-electron chi connectivity index (χ3n) is 7.20. The number of unbranched alkanes of at least 4 members (excludes halogenated alkanes) is 4. The molecule has 0 bridgehead atoms.